The van der Waals surface area contributed by atoms with Crippen molar-refractivity contribution in [1.82, 2.24) is 10.2 Å². The summed E-state index contributed by atoms with van der Waals surface area (Å²) in [4.78, 5) is 26.8. The van der Waals surface area contributed by atoms with Crippen LogP contribution in [-0.2, 0) is 26.2 Å². The Labute approximate surface area is 179 Å². The summed E-state index contributed by atoms with van der Waals surface area (Å²) in [6, 6.07) is 15.2. The van der Waals surface area contributed by atoms with Gasteiger partial charge in [0.1, 0.15) is 12.6 Å². The molecule has 0 bridgehead atoms. The van der Waals surface area contributed by atoms with E-state index in [-0.39, 0.29) is 12.5 Å². The summed E-state index contributed by atoms with van der Waals surface area (Å²) in [6.07, 6.45) is 1.05. The molecule has 0 radical (unpaired) electrons. The predicted molar refractivity (Wildman–Crippen MR) is 117 cm³/mol. The van der Waals surface area contributed by atoms with Crippen molar-refractivity contribution < 1.29 is 18.0 Å². The first-order valence-corrected chi connectivity index (χ1v) is 11.6. The van der Waals surface area contributed by atoms with Gasteiger partial charge in [0.05, 0.1) is 11.9 Å². The molecule has 7 nitrogen and oxygen atoms in total. The van der Waals surface area contributed by atoms with Gasteiger partial charge in [-0.25, -0.2) is 8.42 Å². The number of sulfonamides is 1. The Kier molecular flexibility index (Phi) is 7.80. The van der Waals surface area contributed by atoms with Crippen LogP contribution in [-0.4, -0.2) is 51.0 Å². The number of amides is 2. The van der Waals surface area contributed by atoms with Gasteiger partial charge in [0.15, 0.2) is 0 Å². The van der Waals surface area contributed by atoms with Crippen LogP contribution in [0, 0.1) is 0 Å². The molecular weight excluding hydrogens is 458 g/mol. The fourth-order valence-corrected chi connectivity index (χ4v) is 4.30. The van der Waals surface area contributed by atoms with Crippen LogP contribution in [0.5, 0.6) is 0 Å². The number of hydrogen-bond donors (Lipinski definition) is 1. The van der Waals surface area contributed by atoms with Gasteiger partial charge in [-0.3, -0.25) is 13.9 Å². The number of rotatable bonds is 8. The lowest BCUT2D eigenvalue weighted by Gasteiger charge is -2.31. The van der Waals surface area contributed by atoms with Gasteiger partial charge in [-0.2, -0.15) is 0 Å². The number of para-hydroxylation sites is 1. The van der Waals surface area contributed by atoms with E-state index in [1.807, 2.05) is 30.3 Å². The summed E-state index contributed by atoms with van der Waals surface area (Å²) in [7, 11) is -2.24. The van der Waals surface area contributed by atoms with E-state index in [4.69, 9.17) is 0 Å². The number of likely N-dealkylation sites (N-methyl/N-ethyl adjacent to an activating group) is 1. The van der Waals surface area contributed by atoms with E-state index in [1.165, 1.54) is 11.9 Å². The zero-order valence-electron chi connectivity index (χ0n) is 16.5. The van der Waals surface area contributed by atoms with Crippen molar-refractivity contribution in [2.75, 3.05) is 24.2 Å². The smallest absolute Gasteiger partial charge is 0.244 e. The lowest BCUT2D eigenvalue weighted by molar-refractivity contribution is -0.139. The van der Waals surface area contributed by atoms with Crippen molar-refractivity contribution in [1.29, 1.82) is 0 Å². The van der Waals surface area contributed by atoms with E-state index >= 15 is 0 Å². The standard InChI is InChI=1S/C20H24BrN3O4S/c1-15(20(26)22-2)23(13-16-9-5-4-6-10-16)19(25)14-24(29(3,27)28)18-12-8-7-11-17(18)21/h4-12,15H,13-14H2,1-3H3,(H,22,26). The van der Waals surface area contributed by atoms with Gasteiger partial charge in [-0.05, 0) is 40.5 Å². The van der Waals surface area contributed by atoms with Crippen LogP contribution in [0.3, 0.4) is 0 Å². The van der Waals surface area contributed by atoms with Gasteiger partial charge in [0.2, 0.25) is 21.8 Å². The summed E-state index contributed by atoms with van der Waals surface area (Å²) in [5.74, 6) is -0.813. The molecule has 1 N–H and O–H groups in total. The maximum Gasteiger partial charge on any atom is 0.244 e. The van der Waals surface area contributed by atoms with Crippen LogP contribution >= 0.6 is 15.9 Å². The number of hydrogen-bond acceptors (Lipinski definition) is 4. The number of nitrogens with zero attached hydrogens (tertiary/aromatic N) is 2. The van der Waals surface area contributed by atoms with E-state index in [0.29, 0.717) is 10.2 Å². The molecule has 0 aliphatic carbocycles. The van der Waals surface area contributed by atoms with Crippen molar-refractivity contribution in [3.63, 3.8) is 0 Å². The third-order valence-electron chi connectivity index (χ3n) is 4.41. The fraction of sp³-hybridized carbons (Fsp3) is 0.300. The van der Waals surface area contributed by atoms with Crippen LogP contribution in [0.1, 0.15) is 12.5 Å². The second kappa shape index (κ2) is 9.89. The van der Waals surface area contributed by atoms with E-state index < -0.39 is 28.5 Å². The second-order valence-electron chi connectivity index (χ2n) is 6.52. The zero-order valence-corrected chi connectivity index (χ0v) is 18.9. The molecule has 0 saturated carbocycles. The topological polar surface area (TPSA) is 86.8 Å². The predicted octanol–water partition coefficient (Wildman–Crippen LogP) is 2.38. The van der Waals surface area contributed by atoms with Gasteiger partial charge < -0.3 is 10.2 Å². The Morgan fingerprint density at radius 2 is 1.66 bits per heavy atom. The highest BCUT2D eigenvalue weighted by Gasteiger charge is 2.30. The van der Waals surface area contributed by atoms with Gasteiger partial charge >= 0.3 is 0 Å². The minimum absolute atomic E-state index is 0.182. The summed E-state index contributed by atoms with van der Waals surface area (Å²) in [5, 5.41) is 2.54. The van der Waals surface area contributed by atoms with Crippen LogP contribution in [0.4, 0.5) is 5.69 Å². The maximum absolute atomic E-state index is 13.2. The normalized spacial score (nSPS) is 12.1. The highest BCUT2D eigenvalue weighted by molar-refractivity contribution is 9.10. The number of halogens is 1. The zero-order chi connectivity index (χ0) is 21.6. The summed E-state index contributed by atoms with van der Waals surface area (Å²) in [5.41, 5.74) is 1.19. The van der Waals surface area contributed by atoms with Crippen LogP contribution in [0.25, 0.3) is 0 Å². The molecule has 156 valence electrons. The quantitative estimate of drug-likeness (QED) is 0.626. The minimum atomic E-state index is -3.74. The van der Waals surface area contributed by atoms with E-state index in [1.54, 1.807) is 31.2 Å². The summed E-state index contributed by atoms with van der Waals surface area (Å²) in [6.45, 7) is 1.38. The van der Waals surface area contributed by atoms with E-state index in [9.17, 15) is 18.0 Å². The number of nitrogens with one attached hydrogen (secondary N) is 1. The Bertz CT molecular complexity index is 967. The molecule has 0 saturated heterocycles. The fourth-order valence-electron chi connectivity index (χ4n) is 2.82. The monoisotopic (exact) mass is 481 g/mol. The van der Waals surface area contributed by atoms with E-state index in [0.717, 1.165) is 16.1 Å². The van der Waals surface area contributed by atoms with Crippen molar-refractivity contribution >= 4 is 43.5 Å². The molecule has 0 fully saturated rings. The highest BCUT2D eigenvalue weighted by Crippen LogP contribution is 2.27. The second-order valence-corrected chi connectivity index (χ2v) is 9.28. The highest BCUT2D eigenvalue weighted by atomic mass is 79.9. The van der Waals surface area contributed by atoms with Crippen LogP contribution < -0.4 is 9.62 Å². The molecule has 2 aromatic carbocycles. The third kappa shape index (κ3) is 6.04. The first kappa shape index (κ1) is 22.9. The van der Waals surface area contributed by atoms with Crippen molar-refractivity contribution in [3.8, 4) is 0 Å². The molecule has 29 heavy (non-hydrogen) atoms. The lowest BCUT2D eigenvalue weighted by Crippen LogP contribution is -2.50. The molecule has 1 unspecified atom stereocenters. The Morgan fingerprint density at radius 1 is 1.07 bits per heavy atom. The third-order valence-corrected chi connectivity index (χ3v) is 6.21. The van der Waals surface area contributed by atoms with Crippen molar-refractivity contribution in [2.45, 2.75) is 19.5 Å². The van der Waals surface area contributed by atoms with Gasteiger partial charge in [0.25, 0.3) is 0 Å². The number of carbonyl (C=O) groups is 2. The molecular formula is C20H24BrN3O4S. The van der Waals surface area contributed by atoms with Crippen molar-refractivity contribution in [3.05, 3.63) is 64.6 Å². The number of carbonyl (C=O) groups excluding carboxylic acids is 2. The number of benzene rings is 2. The summed E-state index contributed by atoms with van der Waals surface area (Å²) < 4.78 is 26.4. The Hall–Kier alpha value is -2.39. The van der Waals surface area contributed by atoms with E-state index in [2.05, 4.69) is 21.2 Å². The van der Waals surface area contributed by atoms with Gasteiger partial charge in [-0.15, -0.1) is 0 Å². The Morgan fingerprint density at radius 3 is 2.21 bits per heavy atom. The number of anilines is 1. The molecule has 0 heterocycles. The summed E-state index contributed by atoms with van der Waals surface area (Å²) >= 11 is 3.34. The Balaban J connectivity index is 2.37. The van der Waals surface area contributed by atoms with Crippen LogP contribution in [0.2, 0.25) is 0 Å². The molecule has 1 atom stereocenters. The maximum atomic E-state index is 13.2. The minimum Gasteiger partial charge on any atom is -0.357 e. The average molecular weight is 482 g/mol. The van der Waals surface area contributed by atoms with Gasteiger partial charge in [-0.1, -0.05) is 42.5 Å². The molecule has 0 aromatic heterocycles. The molecule has 9 heteroatoms. The first-order chi connectivity index (χ1) is 13.6. The molecule has 0 aliphatic heterocycles. The molecule has 2 aromatic rings. The lowest BCUT2D eigenvalue weighted by atomic mass is 10.1. The average Bonchev–Trinajstić information content (AvgIpc) is 2.69. The largest absolute Gasteiger partial charge is 0.357 e. The first-order valence-electron chi connectivity index (χ1n) is 8.92. The molecule has 2 amide bonds. The molecule has 0 aliphatic rings. The van der Waals surface area contributed by atoms with Gasteiger partial charge in [0, 0.05) is 18.1 Å². The molecule has 2 rings (SSSR count). The molecule has 0 spiro atoms. The van der Waals surface area contributed by atoms with Crippen LogP contribution in [0.15, 0.2) is 59.1 Å². The SMILES string of the molecule is CNC(=O)C(C)N(Cc1ccccc1)C(=O)CN(c1ccccc1Br)S(C)(=O)=O. The van der Waals surface area contributed by atoms with Crippen molar-refractivity contribution in [2.24, 2.45) is 0 Å².